The van der Waals surface area contributed by atoms with Crippen molar-refractivity contribution in [3.05, 3.63) is 71.8 Å². The second kappa shape index (κ2) is 11.8. The lowest BCUT2D eigenvalue weighted by molar-refractivity contribution is 0.0599. The number of thiophene rings is 1. The van der Waals surface area contributed by atoms with Gasteiger partial charge in [-0.3, -0.25) is 9.25 Å². The summed E-state index contributed by atoms with van der Waals surface area (Å²) >= 11 is 1.25. The van der Waals surface area contributed by atoms with Crippen molar-refractivity contribution in [2.45, 2.75) is 32.0 Å². The predicted octanol–water partition coefficient (Wildman–Crippen LogP) is 5.33. The van der Waals surface area contributed by atoms with Gasteiger partial charge in [-0.15, -0.1) is 11.3 Å². The number of carbonyl (C=O) groups excluding carboxylic acids is 1. The number of carbonyl (C=O) groups is 2. The minimum Gasteiger partial charge on any atom is -0.483 e. The minimum atomic E-state index is -0.913. The van der Waals surface area contributed by atoms with Gasteiger partial charge in [0.1, 0.15) is 29.3 Å². The molecule has 1 aliphatic rings. The van der Waals surface area contributed by atoms with Gasteiger partial charge in [-0.1, -0.05) is 12.1 Å². The highest BCUT2D eigenvalue weighted by atomic mass is 32.1. The van der Waals surface area contributed by atoms with E-state index in [0.29, 0.717) is 48.1 Å². The van der Waals surface area contributed by atoms with Crippen LogP contribution in [0.5, 0.6) is 11.6 Å². The van der Waals surface area contributed by atoms with Crippen molar-refractivity contribution in [2.75, 3.05) is 20.2 Å². The van der Waals surface area contributed by atoms with E-state index in [0.717, 1.165) is 27.2 Å². The Morgan fingerprint density at radius 1 is 1.12 bits per heavy atom. The van der Waals surface area contributed by atoms with Crippen LogP contribution in [0.1, 0.15) is 41.2 Å². The number of aromatic nitrogens is 5. The summed E-state index contributed by atoms with van der Waals surface area (Å²) in [4.78, 5) is 34.9. The van der Waals surface area contributed by atoms with Crippen LogP contribution in [-0.2, 0) is 11.8 Å². The summed E-state index contributed by atoms with van der Waals surface area (Å²) in [5, 5.41) is 14.2. The second-order valence-electron chi connectivity index (χ2n) is 10.2. The molecule has 43 heavy (non-hydrogen) atoms. The van der Waals surface area contributed by atoms with Crippen molar-refractivity contribution in [2.24, 2.45) is 7.05 Å². The van der Waals surface area contributed by atoms with E-state index >= 15 is 0 Å². The molecule has 5 heterocycles. The number of hydrogen-bond acceptors (Lipinski definition) is 9. The summed E-state index contributed by atoms with van der Waals surface area (Å²) in [6, 6.07) is 13.3. The number of amides is 1. The summed E-state index contributed by atoms with van der Waals surface area (Å²) in [7, 11) is 3.22. The number of pyridine rings is 1. The predicted molar refractivity (Wildman–Crippen MR) is 159 cm³/mol. The zero-order chi connectivity index (χ0) is 30.1. The van der Waals surface area contributed by atoms with E-state index < -0.39 is 18.2 Å². The number of likely N-dealkylation sites (tertiary alicyclic amines) is 1. The molecule has 1 atom stereocenters. The van der Waals surface area contributed by atoms with E-state index in [2.05, 4.69) is 15.1 Å². The van der Waals surface area contributed by atoms with Gasteiger partial charge in [0.25, 0.3) is 0 Å². The number of methoxy groups -OCH3 is 1. The standard InChI is InChI=1S/C30H30N6O6S/c1-18(22-5-4-6-26(33-22)42-21-9-11-35(12-10-21)30(38)39)41-25-14-27(43-28(25)29(37)40-3)36-17-31-23-13-19(7-8-24(23)36)20-15-32-34(2)16-20/h4-8,13-18,21H,9-12H2,1-3H3,(H,38,39). The Balaban J connectivity index is 1.22. The SMILES string of the molecule is COC(=O)c1sc(-n2cnc3cc(-c4cnn(C)c4)ccc32)cc1OC(C)c1cccc(OC2CCN(C(=O)O)CC2)n1. The molecule has 0 radical (unpaired) electrons. The number of ether oxygens (including phenoxy) is 3. The number of esters is 1. The molecule has 0 spiro atoms. The number of fused-ring (bicyclic) bond motifs is 1. The molecule has 222 valence electrons. The van der Waals surface area contributed by atoms with Crippen molar-refractivity contribution in [1.82, 2.24) is 29.2 Å². The lowest BCUT2D eigenvalue weighted by atomic mass is 10.1. The molecule has 1 unspecified atom stereocenters. The van der Waals surface area contributed by atoms with E-state index in [4.69, 9.17) is 14.2 Å². The van der Waals surface area contributed by atoms with Crippen LogP contribution in [0.2, 0.25) is 0 Å². The van der Waals surface area contributed by atoms with E-state index in [-0.39, 0.29) is 6.10 Å². The molecule has 4 aromatic heterocycles. The molecular formula is C30H30N6O6S. The molecule has 0 aliphatic carbocycles. The monoisotopic (exact) mass is 602 g/mol. The first-order chi connectivity index (χ1) is 20.8. The highest BCUT2D eigenvalue weighted by Crippen LogP contribution is 2.37. The number of hydrogen-bond donors (Lipinski definition) is 1. The fourth-order valence-electron chi connectivity index (χ4n) is 5.05. The Bertz CT molecular complexity index is 1790. The van der Waals surface area contributed by atoms with Crippen LogP contribution in [0.4, 0.5) is 4.79 Å². The van der Waals surface area contributed by atoms with Gasteiger partial charge >= 0.3 is 12.1 Å². The van der Waals surface area contributed by atoms with Crippen molar-refractivity contribution in [3.8, 4) is 27.8 Å². The summed E-state index contributed by atoms with van der Waals surface area (Å²) < 4.78 is 21.1. The minimum absolute atomic E-state index is 0.120. The maximum atomic E-state index is 12.7. The molecule has 12 nitrogen and oxygen atoms in total. The van der Waals surface area contributed by atoms with Gasteiger partial charge in [0.15, 0.2) is 4.88 Å². The number of carboxylic acid groups (broad SMARTS) is 1. The fourth-order valence-corrected chi connectivity index (χ4v) is 6.04. The molecule has 6 rings (SSSR count). The Labute approximate surface area is 251 Å². The Kier molecular flexibility index (Phi) is 7.72. The first-order valence-corrected chi connectivity index (χ1v) is 14.6. The fraction of sp³-hybridized carbons (Fsp3) is 0.300. The lowest BCUT2D eigenvalue weighted by Gasteiger charge is -2.30. The third kappa shape index (κ3) is 5.89. The molecule has 1 fully saturated rings. The second-order valence-corrected chi connectivity index (χ2v) is 11.3. The van der Waals surface area contributed by atoms with Gasteiger partial charge in [-0.25, -0.2) is 19.6 Å². The number of rotatable bonds is 8. The molecule has 1 aromatic carbocycles. The van der Waals surface area contributed by atoms with Crippen LogP contribution >= 0.6 is 11.3 Å². The average molecular weight is 603 g/mol. The van der Waals surface area contributed by atoms with Crippen LogP contribution in [0.25, 0.3) is 27.2 Å². The smallest absolute Gasteiger partial charge is 0.407 e. The zero-order valence-corrected chi connectivity index (χ0v) is 24.7. The Hall–Kier alpha value is -4.91. The summed E-state index contributed by atoms with van der Waals surface area (Å²) in [5.41, 5.74) is 4.32. The van der Waals surface area contributed by atoms with Gasteiger partial charge in [-0.2, -0.15) is 5.10 Å². The average Bonchev–Trinajstić information content (AvgIpc) is 3.75. The Morgan fingerprint density at radius 3 is 2.65 bits per heavy atom. The van der Waals surface area contributed by atoms with E-state index in [1.54, 1.807) is 23.1 Å². The van der Waals surface area contributed by atoms with Crippen molar-refractivity contribution in [3.63, 3.8) is 0 Å². The summed E-state index contributed by atoms with van der Waals surface area (Å²) in [6.45, 7) is 2.70. The molecule has 1 saturated heterocycles. The quantitative estimate of drug-likeness (QED) is 0.234. The van der Waals surface area contributed by atoms with Gasteiger partial charge in [-0.05, 0) is 30.7 Å². The number of piperidine rings is 1. The van der Waals surface area contributed by atoms with Crippen LogP contribution < -0.4 is 9.47 Å². The number of aryl methyl sites for hydroxylation is 1. The van der Waals surface area contributed by atoms with Gasteiger partial charge in [0.05, 0.1) is 30.0 Å². The van der Waals surface area contributed by atoms with Gasteiger partial charge < -0.3 is 24.2 Å². The van der Waals surface area contributed by atoms with E-state index in [1.165, 1.54) is 23.3 Å². The molecule has 1 aliphatic heterocycles. The summed E-state index contributed by atoms with van der Waals surface area (Å²) in [6.07, 6.45) is 5.13. The summed E-state index contributed by atoms with van der Waals surface area (Å²) in [5.74, 6) is 0.318. The third-order valence-electron chi connectivity index (χ3n) is 7.34. The normalized spacial score (nSPS) is 14.5. The Morgan fingerprint density at radius 2 is 1.93 bits per heavy atom. The molecule has 13 heteroatoms. The maximum Gasteiger partial charge on any atom is 0.407 e. The molecule has 5 aromatic rings. The van der Waals surface area contributed by atoms with E-state index in [9.17, 15) is 14.7 Å². The van der Waals surface area contributed by atoms with Crippen molar-refractivity contribution < 1.29 is 28.9 Å². The first kappa shape index (κ1) is 28.2. The largest absolute Gasteiger partial charge is 0.483 e. The van der Waals surface area contributed by atoms with Gasteiger partial charge in [0, 0.05) is 56.9 Å². The van der Waals surface area contributed by atoms with Gasteiger partial charge in [0.2, 0.25) is 5.88 Å². The number of nitrogens with zero attached hydrogens (tertiary/aromatic N) is 6. The van der Waals surface area contributed by atoms with Crippen LogP contribution in [-0.4, -0.2) is 72.7 Å². The number of benzene rings is 1. The molecule has 1 amide bonds. The first-order valence-electron chi connectivity index (χ1n) is 13.8. The maximum absolute atomic E-state index is 12.7. The molecule has 0 bridgehead atoms. The highest BCUT2D eigenvalue weighted by molar-refractivity contribution is 7.16. The highest BCUT2D eigenvalue weighted by Gasteiger charge is 2.25. The number of imidazole rings is 1. The van der Waals surface area contributed by atoms with E-state index in [1.807, 2.05) is 61.3 Å². The van der Waals surface area contributed by atoms with Crippen LogP contribution in [0.15, 0.2) is 61.2 Å². The third-order valence-corrected chi connectivity index (χ3v) is 8.44. The lowest BCUT2D eigenvalue weighted by Crippen LogP contribution is -2.41. The molecular weight excluding hydrogens is 572 g/mol. The van der Waals surface area contributed by atoms with Crippen molar-refractivity contribution in [1.29, 1.82) is 0 Å². The van der Waals surface area contributed by atoms with Crippen LogP contribution in [0, 0.1) is 0 Å². The van der Waals surface area contributed by atoms with Crippen LogP contribution in [0.3, 0.4) is 0 Å². The topological polar surface area (TPSA) is 134 Å². The zero-order valence-electron chi connectivity index (χ0n) is 23.8. The molecule has 1 N–H and O–H groups in total. The van der Waals surface area contributed by atoms with Crippen molar-refractivity contribution >= 4 is 34.4 Å². The molecule has 0 saturated carbocycles.